The van der Waals surface area contributed by atoms with Crippen molar-refractivity contribution in [3.63, 3.8) is 0 Å². The lowest BCUT2D eigenvalue weighted by molar-refractivity contribution is 0.450. The number of hydrogen-bond donors (Lipinski definition) is 1. The molecule has 0 unspecified atom stereocenters. The van der Waals surface area contributed by atoms with E-state index in [1.807, 2.05) is 26.0 Å². The van der Waals surface area contributed by atoms with Crippen molar-refractivity contribution in [2.24, 2.45) is 0 Å². The van der Waals surface area contributed by atoms with Crippen molar-refractivity contribution < 1.29 is 12.8 Å². The fraction of sp³-hybridized carbons (Fsp3) is 0.368. The second-order valence-corrected chi connectivity index (χ2v) is 8.70. The van der Waals surface area contributed by atoms with Crippen molar-refractivity contribution in [2.45, 2.75) is 50.5 Å². The topological polar surface area (TPSA) is 46.2 Å². The van der Waals surface area contributed by atoms with E-state index in [0.29, 0.717) is 12.3 Å². The fourth-order valence-corrected chi connectivity index (χ4v) is 4.02. The summed E-state index contributed by atoms with van der Waals surface area (Å²) < 4.78 is 40.9. The molecule has 0 aliphatic rings. The number of nitrogens with one attached hydrogen (secondary N) is 1. The van der Waals surface area contributed by atoms with Crippen molar-refractivity contribution >= 4 is 10.0 Å². The molecule has 2 aromatic rings. The molecule has 0 aliphatic heterocycles. The molecule has 1 N–H and O–H groups in total. The van der Waals surface area contributed by atoms with Crippen molar-refractivity contribution in [1.82, 2.24) is 4.72 Å². The van der Waals surface area contributed by atoms with Gasteiger partial charge in [-0.25, -0.2) is 17.5 Å². The minimum absolute atomic E-state index is 0.249. The monoisotopic (exact) mass is 349 g/mol. The van der Waals surface area contributed by atoms with Gasteiger partial charge in [0.1, 0.15) is 5.82 Å². The minimum atomic E-state index is -3.61. The third-order valence-electron chi connectivity index (χ3n) is 3.83. The molecule has 3 nitrogen and oxygen atoms in total. The van der Waals surface area contributed by atoms with E-state index in [1.165, 1.54) is 12.1 Å². The summed E-state index contributed by atoms with van der Waals surface area (Å²) >= 11 is 0. The summed E-state index contributed by atoms with van der Waals surface area (Å²) in [5, 5.41) is 0. The lowest BCUT2D eigenvalue weighted by Gasteiger charge is -2.26. The zero-order valence-electron chi connectivity index (χ0n) is 14.5. The number of sulfonamides is 1. The van der Waals surface area contributed by atoms with Gasteiger partial charge < -0.3 is 0 Å². The lowest BCUT2D eigenvalue weighted by atomic mass is 9.96. The highest BCUT2D eigenvalue weighted by Crippen LogP contribution is 2.20. The first kappa shape index (κ1) is 18.6. The molecule has 2 aromatic carbocycles. The van der Waals surface area contributed by atoms with E-state index in [9.17, 15) is 12.8 Å². The Morgan fingerprint density at radius 1 is 1.00 bits per heavy atom. The SMILES string of the molecule is CC(C)c1ccc(S(=O)(=O)NC(C)(C)Cc2ccc(F)cc2)cc1. The van der Waals surface area contributed by atoms with Gasteiger partial charge in [-0.1, -0.05) is 38.1 Å². The number of halogens is 1. The van der Waals surface area contributed by atoms with E-state index in [2.05, 4.69) is 18.6 Å². The molecule has 0 aromatic heterocycles. The first-order chi connectivity index (χ1) is 11.1. The molecule has 0 heterocycles. The van der Waals surface area contributed by atoms with Crippen LogP contribution in [-0.4, -0.2) is 14.0 Å². The van der Waals surface area contributed by atoms with Gasteiger partial charge in [0.05, 0.1) is 4.90 Å². The van der Waals surface area contributed by atoms with Gasteiger partial charge >= 0.3 is 0 Å². The second kappa shape index (κ2) is 7.03. The Morgan fingerprint density at radius 3 is 2.04 bits per heavy atom. The van der Waals surface area contributed by atoms with Crippen LogP contribution in [0.5, 0.6) is 0 Å². The Bertz CT molecular complexity index is 779. The van der Waals surface area contributed by atoms with Crippen molar-refractivity contribution in [3.05, 3.63) is 65.5 Å². The highest BCUT2D eigenvalue weighted by Gasteiger charge is 2.26. The van der Waals surface area contributed by atoms with Crippen LogP contribution in [0.25, 0.3) is 0 Å². The van der Waals surface area contributed by atoms with E-state index >= 15 is 0 Å². The van der Waals surface area contributed by atoms with E-state index < -0.39 is 15.6 Å². The average Bonchev–Trinajstić information content (AvgIpc) is 2.48. The quantitative estimate of drug-likeness (QED) is 0.847. The fourth-order valence-electron chi connectivity index (χ4n) is 2.60. The van der Waals surface area contributed by atoms with E-state index in [0.717, 1.165) is 11.1 Å². The predicted octanol–water partition coefficient (Wildman–Crippen LogP) is 4.25. The van der Waals surface area contributed by atoms with Gasteiger partial charge in [0, 0.05) is 5.54 Å². The molecule has 0 atom stereocenters. The first-order valence-corrected chi connectivity index (χ1v) is 9.46. The van der Waals surface area contributed by atoms with Gasteiger partial charge in [-0.2, -0.15) is 0 Å². The highest BCUT2D eigenvalue weighted by atomic mass is 32.2. The standard InChI is InChI=1S/C19H24FNO2S/c1-14(2)16-7-11-18(12-8-16)24(22,23)21-19(3,4)13-15-5-9-17(20)10-6-15/h5-12,14,21H,13H2,1-4H3. The summed E-state index contributed by atoms with van der Waals surface area (Å²) in [4.78, 5) is 0.249. The molecule has 0 saturated heterocycles. The Labute approximate surface area is 144 Å². The van der Waals surface area contributed by atoms with Gasteiger partial charge in [0.25, 0.3) is 0 Å². The highest BCUT2D eigenvalue weighted by molar-refractivity contribution is 7.89. The smallest absolute Gasteiger partial charge is 0.207 e. The molecule has 24 heavy (non-hydrogen) atoms. The molecular weight excluding hydrogens is 325 g/mol. The summed E-state index contributed by atoms with van der Waals surface area (Å²) in [7, 11) is -3.61. The Hall–Kier alpha value is -1.72. The van der Waals surface area contributed by atoms with Gasteiger partial charge in [-0.05, 0) is 61.6 Å². The maximum atomic E-state index is 13.0. The first-order valence-electron chi connectivity index (χ1n) is 7.97. The van der Waals surface area contributed by atoms with Crippen LogP contribution in [0.4, 0.5) is 4.39 Å². The molecule has 0 saturated carbocycles. The summed E-state index contributed by atoms with van der Waals surface area (Å²) in [5.74, 6) is 0.0482. The van der Waals surface area contributed by atoms with Crippen LogP contribution in [0.1, 0.15) is 44.7 Å². The van der Waals surface area contributed by atoms with Crippen LogP contribution in [0.15, 0.2) is 53.4 Å². The number of benzene rings is 2. The zero-order valence-corrected chi connectivity index (χ0v) is 15.3. The third-order valence-corrected chi connectivity index (χ3v) is 5.54. The van der Waals surface area contributed by atoms with Crippen LogP contribution >= 0.6 is 0 Å². The van der Waals surface area contributed by atoms with Gasteiger partial charge in [0.15, 0.2) is 0 Å². The van der Waals surface area contributed by atoms with Crippen molar-refractivity contribution in [1.29, 1.82) is 0 Å². The third kappa shape index (κ3) is 4.89. The summed E-state index contributed by atoms with van der Waals surface area (Å²) in [5.41, 5.74) is 1.28. The molecule has 0 bridgehead atoms. The molecule has 0 aliphatic carbocycles. The summed E-state index contributed by atoms with van der Waals surface area (Å²) in [6.07, 6.45) is 0.469. The van der Waals surface area contributed by atoms with E-state index in [4.69, 9.17) is 0 Å². The molecule has 0 fully saturated rings. The van der Waals surface area contributed by atoms with Crippen LogP contribution in [0.2, 0.25) is 0 Å². The zero-order chi connectivity index (χ0) is 18.0. The van der Waals surface area contributed by atoms with Crippen LogP contribution in [0, 0.1) is 5.82 Å². The van der Waals surface area contributed by atoms with Gasteiger partial charge in [-0.3, -0.25) is 0 Å². The average molecular weight is 349 g/mol. The van der Waals surface area contributed by atoms with Crippen LogP contribution in [-0.2, 0) is 16.4 Å². The molecule has 0 radical (unpaired) electrons. The molecule has 5 heteroatoms. The molecule has 0 spiro atoms. The van der Waals surface area contributed by atoms with Crippen molar-refractivity contribution in [2.75, 3.05) is 0 Å². The predicted molar refractivity (Wildman–Crippen MR) is 95.0 cm³/mol. The number of rotatable bonds is 6. The molecule has 0 amide bonds. The second-order valence-electron chi connectivity index (χ2n) is 7.02. The van der Waals surface area contributed by atoms with Gasteiger partial charge in [0.2, 0.25) is 10.0 Å². The van der Waals surface area contributed by atoms with Crippen LogP contribution < -0.4 is 4.72 Å². The molecule has 2 rings (SSSR count). The molecular formula is C19H24FNO2S. The lowest BCUT2D eigenvalue weighted by Crippen LogP contribution is -2.44. The Kier molecular flexibility index (Phi) is 5.45. The normalized spacial score (nSPS) is 12.6. The van der Waals surface area contributed by atoms with Gasteiger partial charge in [-0.15, -0.1) is 0 Å². The maximum absolute atomic E-state index is 13.0. The summed E-state index contributed by atoms with van der Waals surface area (Å²) in [6.45, 7) is 7.76. The van der Waals surface area contributed by atoms with Crippen molar-refractivity contribution in [3.8, 4) is 0 Å². The Morgan fingerprint density at radius 2 is 1.54 bits per heavy atom. The van der Waals surface area contributed by atoms with E-state index in [-0.39, 0.29) is 10.7 Å². The van der Waals surface area contributed by atoms with E-state index in [1.54, 1.807) is 24.3 Å². The number of hydrogen-bond acceptors (Lipinski definition) is 2. The maximum Gasteiger partial charge on any atom is 0.241 e. The molecule has 130 valence electrons. The largest absolute Gasteiger partial charge is 0.241 e. The van der Waals surface area contributed by atoms with Crippen LogP contribution in [0.3, 0.4) is 0 Å². The summed E-state index contributed by atoms with van der Waals surface area (Å²) in [6, 6.07) is 13.0. The Balaban J connectivity index is 2.15. The minimum Gasteiger partial charge on any atom is -0.207 e.